The van der Waals surface area contributed by atoms with Gasteiger partial charge in [0, 0.05) is 26.5 Å². The third kappa shape index (κ3) is 5.35. The topological polar surface area (TPSA) is 38.7 Å². The van der Waals surface area contributed by atoms with Crippen LogP contribution >= 0.6 is 11.8 Å². The molecule has 3 nitrogen and oxygen atoms in total. The lowest BCUT2D eigenvalue weighted by Gasteiger charge is -2.39. The Balaban J connectivity index is 1.02. The highest BCUT2D eigenvalue weighted by Gasteiger charge is 2.50. The summed E-state index contributed by atoms with van der Waals surface area (Å²) in [5.74, 6) is 0.594. The van der Waals surface area contributed by atoms with Crippen LogP contribution in [0.25, 0.3) is 78.1 Å². The Hall–Kier alpha value is -7.40. The van der Waals surface area contributed by atoms with Gasteiger partial charge in [-0.1, -0.05) is 200 Å². The largest absolute Gasteiger partial charge is 0.224 e. The van der Waals surface area contributed by atoms with Crippen LogP contribution in [0.1, 0.15) is 22.3 Å². The zero-order valence-electron chi connectivity index (χ0n) is 32.5. The monoisotopic (exact) mass is 781 g/mol. The second-order valence-electron chi connectivity index (χ2n) is 15.5. The number of hydrogen-bond acceptors (Lipinski definition) is 4. The maximum atomic E-state index is 5.28. The standard InChI is InChI=1S/C56H35N3S/c1-2-15-39(16-3-1)55-57-53(38-29-26-37(27-30-38)41-31-28-36-14-4-5-17-40(36)34-41)54(58-59-55)45-20-7-6-18-43(45)42-32-33-48-46(35-42)44-19-8-9-21-47(44)56(48)49-22-10-12-24-51(49)60-52-25-13-11-23-50(52)56/h1-35H. The van der Waals surface area contributed by atoms with Crippen LogP contribution in [0.5, 0.6) is 0 Å². The quantitative estimate of drug-likeness (QED) is 0.174. The lowest BCUT2D eigenvalue weighted by molar-refractivity contribution is 0.722. The Bertz CT molecular complexity index is 3250. The predicted molar refractivity (Wildman–Crippen MR) is 246 cm³/mol. The van der Waals surface area contributed by atoms with Gasteiger partial charge in [0.15, 0.2) is 5.82 Å². The number of hydrogen-bond donors (Lipinski definition) is 0. The van der Waals surface area contributed by atoms with Crippen molar-refractivity contribution in [2.75, 3.05) is 0 Å². The molecule has 0 N–H and O–H groups in total. The molecule has 2 aliphatic rings. The first kappa shape index (κ1) is 34.6. The molecular weight excluding hydrogens is 747 g/mol. The first-order chi connectivity index (χ1) is 29.7. The highest BCUT2D eigenvalue weighted by Crippen LogP contribution is 2.62. The Morgan fingerprint density at radius 2 is 0.883 bits per heavy atom. The van der Waals surface area contributed by atoms with E-state index in [1.54, 1.807) is 0 Å². The summed E-state index contributed by atoms with van der Waals surface area (Å²) in [6.45, 7) is 0. The molecule has 1 spiro atoms. The number of benzene rings is 9. The zero-order chi connectivity index (χ0) is 39.6. The van der Waals surface area contributed by atoms with Crippen LogP contribution in [-0.2, 0) is 5.41 Å². The number of rotatable bonds is 5. The molecule has 10 aromatic rings. The van der Waals surface area contributed by atoms with Crippen LogP contribution in [0.15, 0.2) is 222 Å². The summed E-state index contributed by atoms with van der Waals surface area (Å²) in [4.78, 5) is 7.88. The van der Waals surface area contributed by atoms with Gasteiger partial charge in [0.1, 0.15) is 11.4 Å². The Morgan fingerprint density at radius 3 is 1.65 bits per heavy atom. The van der Waals surface area contributed by atoms with Crippen LogP contribution in [0.4, 0.5) is 0 Å². The second-order valence-corrected chi connectivity index (χ2v) is 16.6. The third-order valence-electron chi connectivity index (χ3n) is 12.3. The van der Waals surface area contributed by atoms with Crippen molar-refractivity contribution in [2.45, 2.75) is 15.2 Å². The average Bonchev–Trinajstić information content (AvgIpc) is 3.61. The van der Waals surface area contributed by atoms with Gasteiger partial charge in [-0.2, -0.15) is 0 Å². The normalized spacial score (nSPS) is 13.1. The summed E-state index contributed by atoms with van der Waals surface area (Å²) >= 11 is 1.87. The van der Waals surface area contributed by atoms with Crippen molar-refractivity contribution in [2.24, 2.45) is 0 Å². The van der Waals surface area contributed by atoms with Crippen molar-refractivity contribution in [3.8, 4) is 67.3 Å². The van der Waals surface area contributed by atoms with Crippen LogP contribution < -0.4 is 0 Å². The van der Waals surface area contributed by atoms with Gasteiger partial charge in [-0.15, -0.1) is 10.2 Å². The molecule has 1 aliphatic heterocycles. The predicted octanol–water partition coefficient (Wildman–Crippen LogP) is 14.2. The van der Waals surface area contributed by atoms with Gasteiger partial charge < -0.3 is 0 Å². The summed E-state index contributed by atoms with van der Waals surface area (Å²) in [6, 6.07) is 76.5. The lowest BCUT2D eigenvalue weighted by Crippen LogP contribution is -2.31. The zero-order valence-corrected chi connectivity index (χ0v) is 33.3. The molecular formula is C56H35N3S. The van der Waals surface area contributed by atoms with E-state index in [1.807, 2.05) is 42.1 Å². The van der Waals surface area contributed by atoms with Crippen LogP contribution in [0.3, 0.4) is 0 Å². The molecule has 0 fully saturated rings. The Labute approximate surface area is 353 Å². The lowest BCUT2D eigenvalue weighted by atomic mass is 9.67. The molecule has 0 saturated carbocycles. The molecule has 0 amide bonds. The minimum atomic E-state index is -0.419. The van der Waals surface area contributed by atoms with Crippen molar-refractivity contribution in [3.63, 3.8) is 0 Å². The SMILES string of the molecule is c1ccc(-c2nnc(-c3ccccc3-c3ccc4c(c3)-c3ccccc3C43c4ccccc4Sc4ccccc43)c(-c3ccc(-c4ccc5ccccc5c4)cc3)n2)cc1. The first-order valence-corrected chi connectivity index (χ1v) is 21.2. The van der Waals surface area contributed by atoms with Gasteiger partial charge >= 0.3 is 0 Å². The van der Waals surface area contributed by atoms with Gasteiger partial charge in [-0.25, -0.2) is 4.98 Å². The first-order valence-electron chi connectivity index (χ1n) is 20.3. The fourth-order valence-electron chi connectivity index (χ4n) is 9.58. The molecule has 0 saturated heterocycles. The summed E-state index contributed by atoms with van der Waals surface area (Å²) < 4.78 is 0. The van der Waals surface area contributed by atoms with Crippen molar-refractivity contribution in [1.82, 2.24) is 15.2 Å². The minimum Gasteiger partial charge on any atom is -0.224 e. The van der Waals surface area contributed by atoms with E-state index in [9.17, 15) is 0 Å². The Kier molecular flexibility index (Phi) is 8.00. The molecule has 1 aromatic heterocycles. The van der Waals surface area contributed by atoms with Crippen LogP contribution in [0.2, 0.25) is 0 Å². The molecule has 12 rings (SSSR count). The van der Waals surface area contributed by atoms with Gasteiger partial charge in [0.25, 0.3) is 0 Å². The van der Waals surface area contributed by atoms with Crippen molar-refractivity contribution < 1.29 is 0 Å². The van der Waals surface area contributed by atoms with E-state index in [-0.39, 0.29) is 0 Å². The summed E-state index contributed by atoms with van der Waals surface area (Å²) in [7, 11) is 0. The second kappa shape index (κ2) is 13.9. The summed E-state index contributed by atoms with van der Waals surface area (Å²) in [6.07, 6.45) is 0. The van der Waals surface area contributed by atoms with E-state index in [0.717, 1.165) is 44.8 Å². The van der Waals surface area contributed by atoms with E-state index < -0.39 is 5.41 Å². The number of aromatic nitrogens is 3. The van der Waals surface area contributed by atoms with Crippen LogP contribution in [0, 0.1) is 0 Å². The molecule has 0 bridgehead atoms. The fraction of sp³-hybridized carbons (Fsp3) is 0.0179. The molecule has 4 heteroatoms. The molecule has 60 heavy (non-hydrogen) atoms. The molecule has 0 unspecified atom stereocenters. The van der Waals surface area contributed by atoms with Gasteiger partial charge in [-0.3, -0.25) is 0 Å². The van der Waals surface area contributed by atoms with E-state index in [0.29, 0.717) is 5.82 Å². The molecule has 0 atom stereocenters. The minimum absolute atomic E-state index is 0.419. The highest BCUT2D eigenvalue weighted by molar-refractivity contribution is 7.99. The highest BCUT2D eigenvalue weighted by atomic mass is 32.2. The van der Waals surface area contributed by atoms with Gasteiger partial charge in [-0.05, 0) is 90.7 Å². The van der Waals surface area contributed by atoms with E-state index >= 15 is 0 Å². The molecule has 2 heterocycles. The molecule has 9 aromatic carbocycles. The van der Waals surface area contributed by atoms with Gasteiger partial charge in [0.05, 0.1) is 5.41 Å². The average molecular weight is 782 g/mol. The van der Waals surface area contributed by atoms with Crippen molar-refractivity contribution in [1.29, 1.82) is 0 Å². The molecule has 1 aliphatic carbocycles. The molecule has 0 radical (unpaired) electrons. The van der Waals surface area contributed by atoms with Crippen molar-refractivity contribution >= 4 is 22.5 Å². The number of nitrogens with zero attached hydrogens (tertiary/aromatic N) is 3. The maximum absolute atomic E-state index is 5.28. The van der Waals surface area contributed by atoms with E-state index in [1.165, 1.54) is 59.5 Å². The summed E-state index contributed by atoms with van der Waals surface area (Å²) in [5, 5.41) is 12.2. The summed E-state index contributed by atoms with van der Waals surface area (Å²) in [5.41, 5.74) is 16.4. The van der Waals surface area contributed by atoms with E-state index in [4.69, 9.17) is 15.2 Å². The fourth-order valence-corrected chi connectivity index (χ4v) is 10.8. The van der Waals surface area contributed by atoms with E-state index in [2.05, 4.69) is 182 Å². The number of fused-ring (bicyclic) bond motifs is 10. The Morgan fingerprint density at radius 1 is 0.317 bits per heavy atom. The van der Waals surface area contributed by atoms with Crippen molar-refractivity contribution in [3.05, 3.63) is 235 Å². The third-order valence-corrected chi connectivity index (χ3v) is 13.5. The smallest absolute Gasteiger partial charge is 0.182 e. The van der Waals surface area contributed by atoms with Gasteiger partial charge in [0.2, 0.25) is 0 Å². The molecule has 280 valence electrons. The van der Waals surface area contributed by atoms with Crippen LogP contribution in [-0.4, -0.2) is 15.2 Å². The maximum Gasteiger partial charge on any atom is 0.182 e.